The molecule has 1 fully saturated rings. The molecule has 0 atom stereocenters. The molecule has 1 aromatic rings. The van der Waals surface area contributed by atoms with Crippen molar-refractivity contribution < 1.29 is 14.4 Å². The smallest absolute Gasteiger partial charge is 0.328 e. The molecule has 0 radical (unpaired) electrons. The Morgan fingerprint density at radius 1 is 1.24 bits per heavy atom. The van der Waals surface area contributed by atoms with Gasteiger partial charge in [-0.15, -0.1) is 0 Å². The molecule has 4 amide bonds. The van der Waals surface area contributed by atoms with E-state index in [1.807, 2.05) is 6.07 Å². The highest BCUT2D eigenvalue weighted by Gasteiger charge is 2.29. The highest BCUT2D eigenvalue weighted by molar-refractivity contribution is 6.06. The van der Waals surface area contributed by atoms with E-state index in [0.29, 0.717) is 37.4 Å². The third kappa shape index (κ3) is 2.36. The average Bonchev–Trinajstić information content (AvgIpc) is 2.76. The van der Waals surface area contributed by atoms with Gasteiger partial charge in [0.05, 0.1) is 0 Å². The summed E-state index contributed by atoms with van der Waals surface area (Å²) in [6.45, 7) is 1.81. The van der Waals surface area contributed by atoms with Gasteiger partial charge >= 0.3 is 6.03 Å². The van der Waals surface area contributed by atoms with Crippen LogP contribution in [0.5, 0.6) is 0 Å². The van der Waals surface area contributed by atoms with E-state index in [-0.39, 0.29) is 18.2 Å². The second-order valence-electron chi connectivity index (χ2n) is 5.11. The molecule has 0 unspecified atom stereocenters. The largest absolute Gasteiger partial charge is 0.333 e. The molecule has 0 bridgehead atoms. The second-order valence-corrected chi connectivity index (χ2v) is 5.11. The number of nitrogens with two attached hydrogens (primary N) is 1. The van der Waals surface area contributed by atoms with Crippen molar-refractivity contribution in [3.63, 3.8) is 0 Å². The van der Waals surface area contributed by atoms with Gasteiger partial charge in [-0.25, -0.2) is 4.79 Å². The highest BCUT2D eigenvalue weighted by Crippen LogP contribution is 2.27. The molecule has 7 nitrogen and oxygen atoms in total. The fraction of sp³-hybridized carbons (Fsp3) is 0.357. The van der Waals surface area contributed by atoms with Gasteiger partial charge in [-0.05, 0) is 17.7 Å². The Hall–Kier alpha value is -2.41. The number of rotatable bonds is 3. The summed E-state index contributed by atoms with van der Waals surface area (Å²) in [6.07, 6.45) is 0.260. The molecule has 7 heteroatoms. The zero-order valence-corrected chi connectivity index (χ0v) is 11.5. The van der Waals surface area contributed by atoms with Crippen LogP contribution in [0.3, 0.4) is 0 Å². The Labute approximate surface area is 121 Å². The molecular weight excluding hydrogens is 272 g/mol. The van der Waals surface area contributed by atoms with Crippen molar-refractivity contribution in [3.05, 3.63) is 29.3 Å². The van der Waals surface area contributed by atoms with E-state index >= 15 is 0 Å². The summed E-state index contributed by atoms with van der Waals surface area (Å²) in [5.74, 6) is -0.339. The summed E-state index contributed by atoms with van der Waals surface area (Å²) >= 11 is 0. The number of urea groups is 1. The summed E-state index contributed by atoms with van der Waals surface area (Å²) < 4.78 is 0. The predicted molar refractivity (Wildman–Crippen MR) is 75.7 cm³/mol. The first kappa shape index (κ1) is 13.6. The molecule has 1 aromatic carbocycles. The number of benzene rings is 1. The second kappa shape index (κ2) is 5.17. The van der Waals surface area contributed by atoms with Gasteiger partial charge < -0.3 is 10.6 Å². The number of carbonyl (C=O) groups excluding carboxylic acids is 3. The molecule has 2 aliphatic heterocycles. The molecule has 1 saturated heterocycles. The van der Waals surface area contributed by atoms with Gasteiger partial charge in [-0.1, -0.05) is 6.07 Å². The number of hydrogen-bond acceptors (Lipinski definition) is 4. The number of nitrogens with one attached hydrogen (secondary N) is 1. The van der Waals surface area contributed by atoms with Crippen molar-refractivity contribution >= 4 is 23.5 Å². The Kier molecular flexibility index (Phi) is 3.34. The minimum atomic E-state index is -0.449. The normalized spacial score (nSPS) is 18.0. The van der Waals surface area contributed by atoms with E-state index in [4.69, 9.17) is 5.73 Å². The minimum Gasteiger partial charge on any atom is -0.333 e. The monoisotopic (exact) mass is 288 g/mol. The van der Waals surface area contributed by atoms with Crippen LogP contribution in [-0.2, 0) is 11.3 Å². The van der Waals surface area contributed by atoms with Gasteiger partial charge in [0.2, 0.25) is 5.91 Å². The first-order chi connectivity index (χ1) is 10.1. The standard InChI is InChI=1S/C14H16N4O3/c15-4-6-17-8-9-1-2-10(7-11(9)13(17)20)18-5-3-12(19)16-14(18)21/h1-2,7H,3-6,8,15H2,(H,16,19,21). The van der Waals surface area contributed by atoms with Crippen LogP contribution in [0.15, 0.2) is 18.2 Å². The summed E-state index contributed by atoms with van der Waals surface area (Å²) in [4.78, 5) is 38.4. The van der Waals surface area contributed by atoms with E-state index in [2.05, 4.69) is 5.32 Å². The first-order valence-corrected chi connectivity index (χ1v) is 6.84. The van der Waals surface area contributed by atoms with Crippen LogP contribution in [0, 0.1) is 0 Å². The summed E-state index contributed by atoms with van der Waals surface area (Å²) in [5.41, 5.74) is 7.66. The van der Waals surface area contributed by atoms with Gasteiger partial charge in [0.1, 0.15) is 0 Å². The molecule has 21 heavy (non-hydrogen) atoms. The van der Waals surface area contributed by atoms with Crippen molar-refractivity contribution in [2.45, 2.75) is 13.0 Å². The maximum atomic E-state index is 12.3. The molecule has 2 aliphatic rings. The molecule has 0 aromatic heterocycles. The van der Waals surface area contributed by atoms with E-state index in [0.717, 1.165) is 5.56 Å². The number of anilines is 1. The molecule has 3 N–H and O–H groups in total. The SMILES string of the molecule is NCCN1Cc2ccc(N3CCC(=O)NC3=O)cc2C1=O. The first-order valence-electron chi connectivity index (χ1n) is 6.84. The fourth-order valence-corrected chi connectivity index (χ4v) is 2.66. The summed E-state index contributed by atoms with van der Waals surface area (Å²) in [6, 6.07) is 4.91. The average molecular weight is 288 g/mol. The van der Waals surface area contributed by atoms with Gasteiger partial charge in [-0.3, -0.25) is 19.8 Å². The number of fused-ring (bicyclic) bond motifs is 1. The third-order valence-corrected chi connectivity index (χ3v) is 3.74. The van der Waals surface area contributed by atoms with Crippen molar-refractivity contribution in [1.82, 2.24) is 10.2 Å². The van der Waals surface area contributed by atoms with E-state index in [1.54, 1.807) is 17.0 Å². The quantitative estimate of drug-likeness (QED) is 0.821. The Balaban J connectivity index is 1.86. The zero-order valence-electron chi connectivity index (χ0n) is 11.5. The van der Waals surface area contributed by atoms with Crippen molar-refractivity contribution in [3.8, 4) is 0 Å². The number of hydrogen-bond donors (Lipinski definition) is 2. The fourth-order valence-electron chi connectivity index (χ4n) is 2.66. The number of carbonyl (C=O) groups is 3. The molecule has 2 heterocycles. The van der Waals surface area contributed by atoms with E-state index in [9.17, 15) is 14.4 Å². The van der Waals surface area contributed by atoms with Gasteiger partial charge in [0, 0.05) is 43.9 Å². The molecular formula is C14H16N4O3. The molecule has 3 rings (SSSR count). The Morgan fingerprint density at radius 2 is 2.05 bits per heavy atom. The maximum Gasteiger partial charge on any atom is 0.328 e. The Bertz CT molecular complexity index is 629. The minimum absolute atomic E-state index is 0.0641. The Morgan fingerprint density at radius 3 is 2.76 bits per heavy atom. The lowest BCUT2D eigenvalue weighted by Gasteiger charge is -2.26. The van der Waals surface area contributed by atoms with Gasteiger partial charge in [-0.2, -0.15) is 0 Å². The van der Waals surface area contributed by atoms with Crippen LogP contribution in [-0.4, -0.2) is 42.4 Å². The van der Waals surface area contributed by atoms with Crippen LogP contribution in [0.2, 0.25) is 0 Å². The molecule has 0 saturated carbocycles. The zero-order chi connectivity index (χ0) is 15.0. The van der Waals surface area contributed by atoms with Crippen molar-refractivity contribution in [2.75, 3.05) is 24.5 Å². The highest BCUT2D eigenvalue weighted by atomic mass is 16.2. The lowest BCUT2D eigenvalue weighted by molar-refractivity contribution is -0.120. The van der Waals surface area contributed by atoms with Crippen LogP contribution in [0.25, 0.3) is 0 Å². The number of nitrogens with zero attached hydrogens (tertiary/aromatic N) is 2. The van der Waals surface area contributed by atoms with E-state index in [1.165, 1.54) is 4.90 Å². The van der Waals surface area contributed by atoms with Gasteiger partial charge in [0.25, 0.3) is 5.91 Å². The summed E-state index contributed by atoms with van der Waals surface area (Å²) in [5, 5.41) is 2.27. The topological polar surface area (TPSA) is 95.7 Å². The maximum absolute atomic E-state index is 12.3. The lowest BCUT2D eigenvalue weighted by Crippen LogP contribution is -2.49. The van der Waals surface area contributed by atoms with Crippen LogP contribution >= 0.6 is 0 Å². The van der Waals surface area contributed by atoms with Crippen LogP contribution < -0.4 is 16.0 Å². The van der Waals surface area contributed by atoms with Crippen LogP contribution in [0.4, 0.5) is 10.5 Å². The van der Waals surface area contributed by atoms with Crippen molar-refractivity contribution in [2.24, 2.45) is 5.73 Å². The molecule has 0 spiro atoms. The third-order valence-electron chi connectivity index (χ3n) is 3.74. The predicted octanol–water partition coefficient (Wildman–Crippen LogP) is 0.0474. The number of imide groups is 1. The van der Waals surface area contributed by atoms with Gasteiger partial charge in [0.15, 0.2) is 0 Å². The molecule has 0 aliphatic carbocycles. The van der Waals surface area contributed by atoms with E-state index < -0.39 is 6.03 Å². The van der Waals surface area contributed by atoms with Crippen molar-refractivity contribution in [1.29, 1.82) is 0 Å². The van der Waals surface area contributed by atoms with Crippen LogP contribution in [0.1, 0.15) is 22.3 Å². The number of amides is 4. The lowest BCUT2D eigenvalue weighted by atomic mass is 10.1. The summed E-state index contributed by atoms with van der Waals surface area (Å²) in [7, 11) is 0. The molecule has 110 valence electrons.